The van der Waals surface area contributed by atoms with Crippen LogP contribution in [0.5, 0.6) is 0 Å². The number of rotatable bonds is 18. The molecule has 0 aliphatic carbocycles. The van der Waals surface area contributed by atoms with E-state index in [0.717, 1.165) is 63.0 Å². The summed E-state index contributed by atoms with van der Waals surface area (Å²) in [5.41, 5.74) is 9.52. The van der Waals surface area contributed by atoms with Gasteiger partial charge >= 0.3 is 0 Å². The minimum atomic E-state index is -2.65. The smallest absolute Gasteiger partial charge is 0.264 e. The van der Waals surface area contributed by atoms with Gasteiger partial charge in [-0.3, -0.25) is 10.6 Å². The lowest BCUT2D eigenvalue weighted by molar-refractivity contribution is -0.271. The van der Waals surface area contributed by atoms with E-state index in [-0.39, 0.29) is 12.1 Å². The number of nitrogens with two attached hydrogens (primary N) is 1. The van der Waals surface area contributed by atoms with E-state index >= 15 is 0 Å². The first-order chi connectivity index (χ1) is 18.9. The number of halogens is 2. The van der Waals surface area contributed by atoms with Gasteiger partial charge in [0, 0.05) is 62.0 Å². The molecule has 10 heteroatoms. The average molecular weight is 556 g/mol. The summed E-state index contributed by atoms with van der Waals surface area (Å²) in [4.78, 5) is 4.24. The summed E-state index contributed by atoms with van der Waals surface area (Å²) in [6.45, 7) is 15.0. The molecule has 1 saturated heterocycles. The third kappa shape index (κ3) is 13.1. The average Bonchev–Trinajstić information content (AvgIpc) is 2.95. The first-order valence-electron chi connectivity index (χ1n) is 14.2. The van der Waals surface area contributed by atoms with E-state index in [1.807, 2.05) is 19.9 Å². The van der Waals surface area contributed by atoms with Crippen molar-refractivity contribution in [1.29, 1.82) is 0 Å². The molecule has 0 amide bonds. The van der Waals surface area contributed by atoms with Crippen LogP contribution in [0.15, 0.2) is 30.6 Å². The zero-order chi connectivity index (χ0) is 29.0. The fraction of sp³-hybridized carbons (Fsp3) is 0.655. The Morgan fingerprint density at radius 2 is 2.00 bits per heavy atom. The van der Waals surface area contributed by atoms with Crippen molar-refractivity contribution in [2.24, 2.45) is 5.73 Å². The van der Waals surface area contributed by atoms with Crippen molar-refractivity contribution in [1.82, 2.24) is 16.0 Å². The van der Waals surface area contributed by atoms with Crippen LogP contribution in [0.3, 0.4) is 0 Å². The third-order valence-corrected chi connectivity index (χ3v) is 6.37. The Morgan fingerprint density at radius 3 is 2.62 bits per heavy atom. The molecule has 1 unspecified atom stereocenters. The number of aryl methyl sites for hydroxylation is 1. The van der Waals surface area contributed by atoms with Crippen LogP contribution in [0.4, 0.5) is 14.5 Å². The van der Waals surface area contributed by atoms with E-state index in [0.29, 0.717) is 42.6 Å². The predicted molar refractivity (Wildman–Crippen MR) is 157 cm³/mol. The van der Waals surface area contributed by atoms with Crippen molar-refractivity contribution in [2.75, 3.05) is 44.8 Å². The summed E-state index contributed by atoms with van der Waals surface area (Å²) in [6, 6.07) is 3.79. The fourth-order valence-electron chi connectivity index (χ4n) is 4.18. The van der Waals surface area contributed by atoms with Gasteiger partial charge in [0.15, 0.2) is 0 Å². The van der Waals surface area contributed by atoms with E-state index in [2.05, 4.69) is 39.7 Å². The van der Waals surface area contributed by atoms with Crippen LogP contribution in [-0.2, 0) is 16.0 Å². The van der Waals surface area contributed by atoms with Crippen molar-refractivity contribution in [3.05, 3.63) is 47.3 Å². The summed E-state index contributed by atoms with van der Waals surface area (Å²) >= 11 is 0. The third-order valence-electron chi connectivity index (χ3n) is 6.37. The highest BCUT2D eigenvalue weighted by Gasteiger charge is 2.19. The molecule has 0 radical (unpaired) electrons. The number of nitrogens with one attached hydrogen (secondary N) is 4. The van der Waals surface area contributed by atoms with Crippen molar-refractivity contribution < 1.29 is 23.7 Å². The van der Waals surface area contributed by atoms with E-state index in [1.165, 1.54) is 0 Å². The van der Waals surface area contributed by atoms with Gasteiger partial charge in [-0.2, -0.15) is 0 Å². The topological polar surface area (TPSA) is 113 Å². The molecule has 7 N–H and O–H groups in total. The van der Waals surface area contributed by atoms with Crippen molar-refractivity contribution >= 4 is 11.3 Å². The summed E-state index contributed by atoms with van der Waals surface area (Å²) in [7, 11) is 0. The SMILES string of the molecule is C=C(CCNCNc1cc(C(F)F)c(/C(=C/NCC(C)OO)CN)cc1CCCC)NC1CCOCC1.CC. The zero-order valence-corrected chi connectivity index (χ0v) is 24.3. The standard InChI is InChI=1S/C27H45F2N5O3.C2H6/c1-4-5-6-21-13-24(22(15-30)17-32-16-20(3)37-35)25(27(28)29)14-26(21)33-18-31-10-7-19(2)34-23-8-11-36-12-9-23;1-2/h13-14,17,20,23,27,31-35H,2,4-12,15-16,18,30H2,1,3H3;1-2H3/b22-17+;. The number of unbranched alkanes of at least 4 members (excludes halogenated alkanes) is 1. The summed E-state index contributed by atoms with van der Waals surface area (Å²) in [5.74, 6) is 0. The molecule has 1 atom stereocenters. The molecule has 0 saturated carbocycles. The van der Waals surface area contributed by atoms with Gasteiger partial charge in [0.05, 0.1) is 6.67 Å². The summed E-state index contributed by atoms with van der Waals surface area (Å²) < 4.78 is 33.6. The Bertz CT molecular complexity index is 848. The maximum absolute atomic E-state index is 14.1. The molecule has 1 fully saturated rings. The lowest BCUT2D eigenvalue weighted by atomic mass is 9.94. The molecular weight excluding hydrogens is 504 g/mol. The molecule has 1 aliphatic rings. The van der Waals surface area contributed by atoms with Gasteiger partial charge in [0.1, 0.15) is 6.10 Å². The molecule has 1 aliphatic heterocycles. The molecule has 0 bridgehead atoms. The first-order valence-corrected chi connectivity index (χ1v) is 14.2. The minimum Gasteiger partial charge on any atom is -0.388 e. The normalized spacial score (nSPS) is 14.9. The number of hydrogen-bond acceptors (Lipinski definition) is 8. The largest absolute Gasteiger partial charge is 0.388 e. The molecule has 224 valence electrons. The number of ether oxygens (including phenoxy) is 1. The van der Waals surface area contributed by atoms with Gasteiger partial charge in [0.2, 0.25) is 0 Å². The Balaban J connectivity index is 0.00000371. The lowest BCUT2D eigenvalue weighted by Crippen LogP contribution is -2.35. The second-order valence-corrected chi connectivity index (χ2v) is 9.44. The van der Waals surface area contributed by atoms with Gasteiger partial charge in [-0.1, -0.05) is 33.8 Å². The van der Waals surface area contributed by atoms with Crippen LogP contribution in [0.1, 0.15) is 82.9 Å². The molecule has 39 heavy (non-hydrogen) atoms. The van der Waals surface area contributed by atoms with E-state index < -0.39 is 12.5 Å². The second-order valence-electron chi connectivity index (χ2n) is 9.44. The van der Waals surface area contributed by atoms with Crippen LogP contribution in [0, 0.1) is 0 Å². The maximum Gasteiger partial charge on any atom is 0.264 e. The summed E-state index contributed by atoms with van der Waals surface area (Å²) in [6.07, 6.45) is 3.98. The van der Waals surface area contributed by atoms with Crippen LogP contribution in [-0.4, -0.2) is 56.9 Å². The number of anilines is 1. The second kappa shape index (κ2) is 20.6. The molecule has 8 nitrogen and oxygen atoms in total. The van der Waals surface area contributed by atoms with Gasteiger partial charge in [-0.25, -0.2) is 13.7 Å². The van der Waals surface area contributed by atoms with Crippen LogP contribution < -0.4 is 27.0 Å². The molecule has 1 heterocycles. The van der Waals surface area contributed by atoms with Crippen molar-refractivity contribution in [2.45, 2.75) is 84.8 Å². The van der Waals surface area contributed by atoms with Crippen LogP contribution in [0.2, 0.25) is 0 Å². The van der Waals surface area contributed by atoms with Crippen molar-refractivity contribution in [3.8, 4) is 0 Å². The van der Waals surface area contributed by atoms with Gasteiger partial charge in [-0.05, 0) is 67.9 Å². The van der Waals surface area contributed by atoms with E-state index in [9.17, 15) is 8.78 Å². The highest BCUT2D eigenvalue weighted by atomic mass is 19.3. The monoisotopic (exact) mass is 555 g/mol. The van der Waals surface area contributed by atoms with E-state index in [1.54, 1.807) is 19.2 Å². The predicted octanol–water partition coefficient (Wildman–Crippen LogP) is 5.39. The first kappa shape index (κ1) is 34.8. The number of alkyl halides is 2. The Morgan fingerprint density at radius 1 is 1.28 bits per heavy atom. The van der Waals surface area contributed by atoms with Crippen LogP contribution in [0.25, 0.3) is 5.57 Å². The molecule has 0 spiro atoms. The molecule has 1 aromatic rings. The number of hydrogen-bond donors (Lipinski definition) is 6. The highest BCUT2D eigenvalue weighted by Crippen LogP contribution is 2.33. The van der Waals surface area contributed by atoms with Crippen LogP contribution >= 0.6 is 0 Å². The molecular formula is C29H51F2N5O3. The molecule has 0 aromatic heterocycles. The summed E-state index contributed by atoms with van der Waals surface area (Å²) in [5, 5.41) is 21.8. The Hall–Kier alpha value is -2.24. The lowest BCUT2D eigenvalue weighted by Gasteiger charge is -2.25. The molecule has 2 rings (SSSR count). The zero-order valence-electron chi connectivity index (χ0n) is 24.3. The van der Waals surface area contributed by atoms with Gasteiger partial charge < -0.3 is 26.4 Å². The number of benzene rings is 1. The Kier molecular flexibility index (Phi) is 18.4. The van der Waals surface area contributed by atoms with Crippen molar-refractivity contribution in [3.63, 3.8) is 0 Å². The highest BCUT2D eigenvalue weighted by molar-refractivity contribution is 5.73. The maximum atomic E-state index is 14.1. The Labute approximate surface area is 233 Å². The van der Waals surface area contributed by atoms with E-state index in [4.69, 9.17) is 15.7 Å². The van der Waals surface area contributed by atoms with Gasteiger partial charge in [0.25, 0.3) is 6.43 Å². The quantitative estimate of drug-likeness (QED) is 0.0619. The van der Waals surface area contributed by atoms with Gasteiger partial charge in [-0.15, -0.1) is 0 Å². The minimum absolute atomic E-state index is 0.0678. The fourth-order valence-corrected chi connectivity index (χ4v) is 4.18. The molecule has 1 aromatic carbocycles.